The third-order valence-electron chi connectivity index (χ3n) is 6.05. The lowest BCUT2D eigenvalue weighted by Crippen LogP contribution is -2.38. The molecule has 5 nitrogen and oxygen atoms in total. The normalized spacial score (nSPS) is 17.1. The Kier molecular flexibility index (Phi) is 8.50. The molecule has 0 aliphatic carbocycles. The van der Waals surface area contributed by atoms with Gasteiger partial charge in [0.25, 0.3) is 5.91 Å². The number of allylic oxidation sites excluding steroid dienone is 1. The Hall–Kier alpha value is -3.22. The van der Waals surface area contributed by atoms with Crippen LogP contribution in [0.3, 0.4) is 0 Å². The van der Waals surface area contributed by atoms with Crippen LogP contribution in [0.4, 0.5) is 5.69 Å². The molecular weight excluding hydrogens is 456 g/mol. The first-order chi connectivity index (χ1) is 17.1. The van der Waals surface area contributed by atoms with E-state index in [1.54, 1.807) is 22.9 Å². The zero-order valence-corrected chi connectivity index (χ0v) is 21.2. The van der Waals surface area contributed by atoms with Crippen molar-refractivity contribution in [2.45, 2.75) is 13.3 Å². The standard InChI is InChI=1S/C26H26N2O3S.C3H6/c1-32-27-14-13-19(16-27)17-30-23-10-8-22(9-11-23)28-18-31-25-15-21(7-12-24(25)26(28)29)20-5-3-2-4-6-20;1-3-2/h2-12,15,19H,13-14,16-18H2,1H3;3H,1H2,2H3. The van der Waals surface area contributed by atoms with E-state index in [0.717, 1.165) is 42.3 Å². The highest BCUT2D eigenvalue weighted by Gasteiger charge is 2.27. The van der Waals surface area contributed by atoms with E-state index in [0.29, 0.717) is 17.2 Å². The molecule has 0 bridgehead atoms. The first kappa shape index (κ1) is 24.9. The minimum atomic E-state index is -0.0531. The van der Waals surface area contributed by atoms with Crippen LogP contribution < -0.4 is 14.4 Å². The second kappa shape index (κ2) is 12.0. The number of carbonyl (C=O) groups is 1. The Labute approximate surface area is 212 Å². The van der Waals surface area contributed by atoms with E-state index in [2.05, 4.69) is 17.1 Å². The largest absolute Gasteiger partial charge is 0.493 e. The number of benzene rings is 3. The van der Waals surface area contributed by atoms with Crippen molar-refractivity contribution in [1.82, 2.24) is 4.31 Å². The maximum Gasteiger partial charge on any atom is 0.264 e. The van der Waals surface area contributed by atoms with Crippen LogP contribution in [0.25, 0.3) is 11.1 Å². The summed E-state index contributed by atoms with van der Waals surface area (Å²) in [5, 5.41) is 0. The van der Waals surface area contributed by atoms with Crippen molar-refractivity contribution in [2.75, 3.05) is 37.6 Å². The van der Waals surface area contributed by atoms with Crippen molar-refractivity contribution in [1.29, 1.82) is 0 Å². The van der Waals surface area contributed by atoms with E-state index >= 15 is 0 Å². The van der Waals surface area contributed by atoms with Crippen LogP contribution in [0.15, 0.2) is 85.5 Å². The summed E-state index contributed by atoms with van der Waals surface area (Å²) < 4.78 is 14.3. The number of anilines is 1. The molecule has 1 saturated heterocycles. The molecule has 1 amide bonds. The number of nitrogens with zero attached hydrogens (tertiary/aromatic N) is 2. The quantitative estimate of drug-likeness (QED) is 0.292. The molecule has 35 heavy (non-hydrogen) atoms. The fraction of sp³-hybridized carbons (Fsp3) is 0.276. The summed E-state index contributed by atoms with van der Waals surface area (Å²) in [4.78, 5) is 14.8. The Morgan fingerprint density at radius 3 is 2.51 bits per heavy atom. The van der Waals surface area contributed by atoms with Gasteiger partial charge in [0.2, 0.25) is 0 Å². The second-order valence-corrected chi connectivity index (χ2v) is 9.40. The molecule has 3 aromatic rings. The Morgan fingerprint density at radius 1 is 1.09 bits per heavy atom. The number of ether oxygens (including phenoxy) is 2. The fourth-order valence-electron chi connectivity index (χ4n) is 4.19. The number of hydrogen-bond acceptors (Lipinski definition) is 5. The highest BCUT2D eigenvalue weighted by molar-refractivity contribution is 7.96. The molecule has 3 aromatic carbocycles. The molecule has 0 aromatic heterocycles. The highest BCUT2D eigenvalue weighted by Crippen LogP contribution is 2.33. The Bertz CT molecular complexity index is 1130. The zero-order chi connectivity index (χ0) is 24.6. The molecule has 0 radical (unpaired) electrons. The predicted molar refractivity (Wildman–Crippen MR) is 145 cm³/mol. The topological polar surface area (TPSA) is 42.0 Å². The lowest BCUT2D eigenvalue weighted by molar-refractivity contribution is 0.0937. The minimum absolute atomic E-state index is 0.0531. The number of fused-ring (bicyclic) bond motifs is 1. The summed E-state index contributed by atoms with van der Waals surface area (Å²) in [6.45, 7) is 8.36. The molecule has 2 aliphatic rings. The molecule has 1 atom stereocenters. The molecule has 0 saturated carbocycles. The molecule has 1 fully saturated rings. The van der Waals surface area contributed by atoms with Gasteiger partial charge in [0, 0.05) is 24.7 Å². The van der Waals surface area contributed by atoms with Crippen LogP contribution in [0.2, 0.25) is 0 Å². The van der Waals surface area contributed by atoms with E-state index in [9.17, 15) is 4.79 Å². The molecule has 1 unspecified atom stereocenters. The van der Waals surface area contributed by atoms with Gasteiger partial charge in [-0.15, -0.1) is 6.58 Å². The van der Waals surface area contributed by atoms with Gasteiger partial charge in [-0.25, -0.2) is 0 Å². The van der Waals surface area contributed by atoms with Crippen molar-refractivity contribution in [2.24, 2.45) is 5.92 Å². The summed E-state index contributed by atoms with van der Waals surface area (Å²) >= 11 is 1.80. The molecule has 0 N–H and O–H groups in total. The van der Waals surface area contributed by atoms with Crippen LogP contribution in [-0.2, 0) is 0 Å². The first-order valence-electron chi connectivity index (χ1n) is 11.9. The summed E-state index contributed by atoms with van der Waals surface area (Å²) in [6.07, 6.45) is 5.04. The maximum absolute atomic E-state index is 13.1. The first-order valence-corrected chi connectivity index (χ1v) is 13.0. The van der Waals surface area contributed by atoms with Crippen molar-refractivity contribution >= 4 is 23.5 Å². The fourth-order valence-corrected chi connectivity index (χ4v) is 4.84. The van der Waals surface area contributed by atoms with Gasteiger partial charge in [-0.05, 0) is 67.1 Å². The summed E-state index contributed by atoms with van der Waals surface area (Å²) in [5.74, 6) is 1.97. The minimum Gasteiger partial charge on any atom is -0.493 e. The van der Waals surface area contributed by atoms with Crippen LogP contribution in [0.1, 0.15) is 23.7 Å². The maximum atomic E-state index is 13.1. The van der Waals surface area contributed by atoms with Crippen molar-refractivity contribution in [3.05, 3.63) is 91.0 Å². The lowest BCUT2D eigenvalue weighted by Gasteiger charge is -2.29. The van der Waals surface area contributed by atoms with Crippen LogP contribution in [0, 0.1) is 5.92 Å². The van der Waals surface area contributed by atoms with Gasteiger partial charge in [-0.3, -0.25) is 14.0 Å². The second-order valence-electron chi connectivity index (χ2n) is 8.52. The van der Waals surface area contributed by atoms with Gasteiger partial charge in [-0.2, -0.15) is 0 Å². The van der Waals surface area contributed by atoms with Crippen LogP contribution in [0.5, 0.6) is 11.5 Å². The molecular formula is C29H32N2O3S. The lowest BCUT2D eigenvalue weighted by atomic mass is 10.0. The third-order valence-corrected chi connectivity index (χ3v) is 6.90. The Balaban J connectivity index is 0.000000917. The number of amides is 1. The van der Waals surface area contributed by atoms with Gasteiger partial charge in [-0.1, -0.05) is 54.4 Å². The van der Waals surface area contributed by atoms with Crippen LogP contribution >= 0.6 is 11.9 Å². The summed E-state index contributed by atoms with van der Waals surface area (Å²) in [5.41, 5.74) is 3.52. The molecule has 0 spiro atoms. The average Bonchev–Trinajstić information content (AvgIpc) is 3.37. The van der Waals surface area contributed by atoms with Gasteiger partial charge in [0.05, 0.1) is 12.2 Å². The van der Waals surface area contributed by atoms with Gasteiger partial charge in [0.1, 0.15) is 11.5 Å². The summed E-state index contributed by atoms with van der Waals surface area (Å²) in [6, 6.07) is 23.6. The van der Waals surface area contributed by atoms with Gasteiger partial charge < -0.3 is 9.47 Å². The highest BCUT2D eigenvalue weighted by atomic mass is 32.2. The molecule has 2 heterocycles. The van der Waals surface area contributed by atoms with Gasteiger partial charge in [0.15, 0.2) is 6.73 Å². The molecule has 2 aliphatic heterocycles. The molecule has 6 heteroatoms. The molecule has 5 rings (SSSR count). The van der Waals surface area contributed by atoms with Gasteiger partial charge >= 0.3 is 0 Å². The third kappa shape index (κ3) is 6.08. The van der Waals surface area contributed by atoms with Crippen molar-refractivity contribution in [3.63, 3.8) is 0 Å². The smallest absolute Gasteiger partial charge is 0.264 e. The van der Waals surface area contributed by atoms with Crippen molar-refractivity contribution in [3.8, 4) is 22.6 Å². The van der Waals surface area contributed by atoms with Crippen molar-refractivity contribution < 1.29 is 14.3 Å². The van der Waals surface area contributed by atoms with E-state index in [1.165, 1.54) is 6.42 Å². The molecule has 182 valence electrons. The van der Waals surface area contributed by atoms with Crippen LogP contribution in [-0.4, -0.2) is 42.9 Å². The van der Waals surface area contributed by atoms with E-state index in [4.69, 9.17) is 9.47 Å². The predicted octanol–water partition coefficient (Wildman–Crippen LogP) is 6.52. The average molecular weight is 489 g/mol. The number of rotatable bonds is 6. The number of carbonyl (C=O) groups excluding carboxylic acids is 1. The summed E-state index contributed by atoms with van der Waals surface area (Å²) in [7, 11) is 0. The SMILES string of the molecule is C=CC.CSN1CCC(COc2ccc(N3COc4cc(-c5ccccc5)ccc4C3=O)cc2)C1. The number of hydrogen-bond donors (Lipinski definition) is 0. The Morgan fingerprint density at radius 2 is 1.83 bits per heavy atom. The van der Waals surface area contributed by atoms with E-state index in [1.807, 2.05) is 79.7 Å². The zero-order valence-electron chi connectivity index (χ0n) is 20.4. The van der Waals surface area contributed by atoms with E-state index < -0.39 is 0 Å². The van der Waals surface area contributed by atoms with E-state index in [-0.39, 0.29) is 12.6 Å². The monoisotopic (exact) mass is 488 g/mol.